The summed E-state index contributed by atoms with van der Waals surface area (Å²) >= 11 is 0. The minimum absolute atomic E-state index is 0.157. The molecule has 0 bridgehead atoms. The van der Waals surface area contributed by atoms with E-state index >= 15 is 0 Å². The Bertz CT molecular complexity index is 610. The Hall–Kier alpha value is -1.27. The lowest BCUT2D eigenvalue weighted by molar-refractivity contribution is 0.395. The molecule has 3 rings (SSSR count). The molecular formula is C15H22N2O3S. The molecule has 0 radical (unpaired) electrons. The molecule has 0 aromatic heterocycles. The zero-order valence-electron chi connectivity index (χ0n) is 12.2. The third-order valence-electron chi connectivity index (χ3n) is 4.44. The van der Waals surface area contributed by atoms with E-state index in [0.717, 1.165) is 0 Å². The van der Waals surface area contributed by atoms with Gasteiger partial charge in [-0.15, -0.1) is 0 Å². The van der Waals surface area contributed by atoms with Crippen molar-refractivity contribution in [2.45, 2.75) is 30.6 Å². The van der Waals surface area contributed by atoms with E-state index in [1.54, 1.807) is 6.07 Å². The summed E-state index contributed by atoms with van der Waals surface area (Å²) in [5, 5.41) is 0. The number of hydrogen-bond donors (Lipinski definition) is 2. The summed E-state index contributed by atoms with van der Waals surface area (Å²) in [4.78, 5) is 0.157. The van der Waals surface area contributed by atoms with Gasteiger partial charge in [0.15, 0.2) is 0 Å². The maximum absolute atomic E-state index is 12.5. The molecule has 116 valence electrons. The van der Waals surface area contributed by atoms with Crippen LogP contribution in [0.5, 0.6) is 5.75 Å². The third kappa shape index (κ3) is 3.32. The predicted octanol–water partition coefficient (Wildman–Crippen LogP) is 1.99. The van der Waals surface area contributed by atoms with E-state index in [2.05, 4.69) is 4.72 Å². The van der Waals surface area contributed by atoms with E-state index in [4.69, 9.17) is 10.5 Å². The van der Waals surface area contributed by atoms with Crippen LogP contribution in [0.3, 0.4) is 0 Å². The fourth-order valence-electron chi connectivity index (χ4n) is 2.96. The van der Waals surface area contributed by atoms with Crippen molar-refractivity contribution in [1.82, 2.24) is 4.72 Å². The average Bonchev–Trinajstić information content (AvgIpc) is 3.31. The van der Waals surface area contributed by atoms with Gasteiger partial charge in [-0.3, -0.25) is 0 Å². The van der Waals surface area contributed by atoms with E-state index in [1.165, 1.54) is 44.9 Å². The Morgan fingerprint density at radius 1 is 1.29 bits per heavy atom. The second-order valence-electron chi connectivity index (χ2n) is 6.10. The van der Waals surface area contributed by atoms with Gasteiger partial charge in [-0.05, 0) is 55.6 Å². The van der Waals surface area contributed by atoms with E-state index in [-0.39, 0.29) is 10.6 Å². The highest BCUT2D eigenvalue weighted by Gasteiger charge is 2.41. The number of anilines is 1. The normalized spacial score (nSPS) is 19.0. The molecule has 5 nitrogen and oxygen atoms in total. The Balaban J connectivity index is 1.74. The van der Waals surface area contributed by atoms with Crippen LogP contribution in [0.4, 0.5) is 5.69 Å². The van der Waals surface area contributed by atoms with Crippen molar-refractivity contribution in [3.05, 3.63) is 18.2 Å². The number of hydrogen-bond acceptors (Lipinski definition) is 4. The summed E-state index contributed by atoms with van der Waals surface area (Å²) in [6.45, 7) is 0.533. The van der Waals surface area contributed by atoms with Crippen LogP contribution >= 0.6 is 0 Å². The largest absolute Gasteiger partial charge is 0.495 e. The molecule has 1 aromatic carbocycles. The standard InChI is InChI=1S/C15H22N2O3S/c1-20-14-8-12(16)6-7-15(14)21(18,19)17-9-13(10-2-3-10)11-4-5-11/h6-8,10-11,13,17H,2-5,9,16H2,1H3. The zero-order chi connectivity index (χ0) is 15.0. The minimum Gasteiger partial charge on any atom is -0.495 e. The highest BCUT2D eigenvalue weighted by Crippen LogP contribution is 2.49. The van der Waals surface area contributed by atoms with Crippen molar-refractivity contribution in [3.8, 4) is 5.75 Å². The van der Waals surface area contributed by atoms with Crippen molar-refractivity contribution < 1.29 is 13.2 Å². The molecule has 2 aliphatic carbocycles. The van der Waals surface area contributed by atoms with Crippen molar-refractivity contribution >= 4 is 15.7 Å². The molecule has 0 amide bonds. The van der Waals surface area contributed by atoms with Gasteiger partial charge in [0.05, 0.1) is 7.11 Å². The Morgan fingerprint density at radius 2 is 1.90 bits per heavy atom. The van der Waals surface area contributed by atoms with Gasteiger partial charge in [-0.1, -0.05) is 0 Å². The molecule has 2 saturated carbocycles. The van der Waals surface area contributed by atoms with Gasteiger partial charge in [-0.2, -0.15) is 0 Å². The molecule has 0 saturated heterocycles. The Kier molecular flexibility index (Phi) is 3.84. The highest BCUT2D eigenvalue weighted by atomic mass is 32.2. The van der Waals surface area contributed by atoms with Gasteiger partial charge < -0.3 is 10.5 Å². The van der Waals surface area contributed by atoms with E-state index in [1.807, 2.05) is 0 Å². The number of nitrogen functional groups attached to an aromatic ring is 1. The summed E-state index contributed by atoms with van der Waals surface area (Å²) in [5.74, 6) is 2.22. The van der Waals surface area contributed by atoms with E-state index < -0.39 is 10.0 Å². The van der Waals surface area contributed by atoms with Gasteiger partial charge in [0.25, 0.3) is 0 Å². The van der Waals surface area contributed by atoms with Crippen molar-refractivity contribution in [3.63, 3.8) is 0 Å². The zero-order valence-corrected chi connectivity index (χ0v) is 13.0. The van der Waals surface area contributed by atoms with Gasteiger partial charge >= 0.3 is 0 Å². The highest BCUT2D eigenvalue weighted by molar-refractivity contribution is 7.89. The molecule has 2 fully saturated rings. The smallest absolute Gasteiger partial charge is 0.244 e. The molecule has 0 atom stereocenters. The molecule has 21 heavy (non-hydrogen) atoms. The monoisotopic (exact) mass is 310 g/mol. The number of benzene rings is 1. The molecule has 6 heteroatoms. The fraction of sp³-hybridized carbons (Fsp3) is 0.600. The van der Waals surface area contributed by atoms with Gasteiger partial charge in [-0.25, -0.2) is 13.1 Å². The molecule has 0 heterocycles. The second kappa shape index (κ2) is 5.50. The summed E-state index contributed by atoms with van der Waals surface area (Å²) < 4.78 is 32.9. The van der Waals surface area contributed by atoms with Crippen molar-refractivity contribution in [2.75, 3.05) is 19.4 Å². The lowest BCUT2D eigenvalue weighted by Gasteiger charge is -2.17. The van der Waals surface area contributed by atoms with Crippen LogP contribution in [0, 0.1) is 17.8 Å². The van der Waals surface area contributed by atoms with Crippen LogP contribution in [0.1, 0.15) is 25.7 Å². The van der Waals surface area contributed by atoms with Crippen LogP contribution in [0.25, 0.3) is 0 Å². The van der Waals surface area contributed by atoms with Crippen LogP contribution < -0.4 is 15.2 Å². The summed E-state index contributed by atoms with van der Waals surface area (Å²) in [7, 11) is -2.11. The number of ether oxygens (including phenoxy) is 1. The lowest BCUT2D eigenvalue weighted by Crippen LogP contribution is -2.31. The maximum atomic E-state index is 12.5. The summed E-state index contributed by atoms with van der Waals surface area (Å²) in [5.41, 5.74) is 6.16. The van der Waals surface area contributed by atoms with Crippen LogP contribution in [-0.4, -0.2) is 22.1 Å². The number of nitrogens with two attached hydrogens (primary N) is 1. The van der Waals surface area contributed by atoms with E-state index in [0.29, 0.717) is 30.0 Å². The van der Waals surface area contributed by atoms with Crippen LogP contribution in [-0.2, 0) is 10.0 Å². The van der Waals surface area contributed by atoms with Crippen molar-refractivity contribution in [2.24, 2.45) is 17.8 Å². The average molecular weight is 310 g/mol. The molecular weight excluding hydrogens is 288 g/mol. The second-order valence-corrected chi connectivity index (χ2v) is 7.84. The van der Waals surface area contributed by atoms with E-state index in [9.17, 15) is 8.42 Å². The van der Waals surface area contributed by atoms with Gasteiger partial charge in [0, 0.05) is 18.3 Å². The van der Waals surface area contributed by atoms with Crippen molar-refractivity contribution in [1.29, 1.82) is 0 Å². The summed E-state index contributed by atoms with van der Waals surface area (Å²) in [6, 6.07) is 4.62. The molecule has 0 unspecified atom stereocenters. The maximum Gasteiger partial charge on any atom is 0.244 e. The quantitative estimate of drug-likeness (QED) is 0.755. The topological polar surface area (TPSA) is 81.4 Å². The number of methoxy groups -OCH3 is 1. The number of rotatable bonds is 7. The number of sulfonamides is 1. The minimum atomic E-state index is -3.56. The first-order chi connectivity index (χ1) is 10.0. The molecule has 3 N–H and O–H groups in total. The fourth-order valence-corrected chi connectivity index (χ4v) is 4.18. The molecule has 1 aromatic rings. The molecule has 0 spiro atoms. The number of nitrogens with one attached hydrogen (secondary N) is 1. The summed E-state index contributed by atoms with van der Waals surface area (Å²) in [6.07, 6.45) is 4.98. The first-order valence-corrected chi connectivity index (χ1v) is 8.93. The lowest BCUT2D eigenvalue weighted by atomic mass is 9.99. The molecule has 2 aliphatic rings. The van der Waals surface area contributed by atoms with Gasteiger partial charge in [0.2, 0.25) is 10.0 Å². The van der Waals surface area contributed by atoms with Crippen LogP contribution in [0.15, 0.2) is 23.1 Å². The van der Waals surface area contributed by atoms with Crippen LogP contribution in [0.2, 0.25) is 0 Å². The first kappa shape index (κ1) is 14.7. The first-order valence-electron chi connectivity index (χ1n) is 7.44. The third-order valence-corrected chi connectivity index (χ3v) is 5.90. The Labute approximate surface area is 125 Å². The predicted molar refractivity (Wildman–Crippen MR) is 81.5 cm³/mol. The molecule has 0 aliphatic heterocycles. The Morgan fingerprint density at radius 3 is 2.43 bits per heavy atom. The SMILES string of the molecule is COc1cc(N)ccc1S(=O)(=O)NCC(C1CC1)C1CC1. The van der Waals surface area contributed by atoms with Gasteiger partial charge in [0.1, 0.15) is 10.6 Å².